The summed E-state index contributed by atoms with van der Waals surface area (Å²) in [6, 6.07) is -0.885. The van der Waals surface area contributed by atoms with E-state index in [1.165, 1.54) is 0 Å². The third-order valence-corrected chi connectivity index (χ3v) is 2.37. The first-order valence-corrected chi connectivity index (χ1v) is 6.03. The van der Waals surface area contributed by atoms with Crippen LogP contribution in [0, 0.1) is 5.41 Å². The van der Waals surface area contributed by atoms with Crippen molar-refractivity contribution >= 4 is 12.1 Å². The van der Waals surface area contributed by atoms with Gasteiger partial charge in [-0.2, -0.15) is 0 Å². The van der Waals surface area contributed by atoms with Crippen LogP contribution in [0.4, 0.5) is 4.79 Å². The SMILES string of the molecule is C=C(C(NC(=O)OCC)C(=O)OCC)C(C)(C)C. The molecule has 0 aliphatic carbocycles. The lowest BCUT2D eigenvalue weighted by molar-refractivity contribution is -0.144. The highest BCUT2D eigenvalue weighted by Crippen LogP contribution is 2.26. The van der Waals surface area contributed by atoms with Crippen LogP contribution in [0.25, 0.3) is 0 Å². The second-order valence-corrected chi connectivity index (χ2v) is 4.83. The average Bonchev–Trinajstić information content (AvgIpc) is 2.24. The van der Waals surface area contributed by atoms with Gasteiger partial charge in [0.1, 0.15) is 0 Å². The topological polar surface area (TPSA) is 64.6 Å². The number of hydrogen-bond acceptors (Lipinski definition) is 4. The maximum atomic E-state index is 11.8. The zero-order valence-corrected chi connectivity index (χ0v) is 11.8. The molecule has 1 amide bonds. The number of esters is 1. The second kappa shape index (κ2) is 7.03. The summed E-state index contributed by atoms with van der Waals surface area (Å²) in [6.45, 7) is 13.5. The van der Waals surface area contributed by atoms with E-state index in [1.54, 1.807) is 13.8 Å². The van der Waals surface area contributed by atoms with Gasteiger partial charge in [-0.15, -0.1) is 0 Å². The number of carbonyl (C=O) groups is 2. The Balaban J connectivity index is 4.89. The van der Waals surface area contributed by atoms with Gasteiger partial charge < -0.3 is 14.8 Å². The number of ether oxygens (including phenoxy) is 2. The normalized spacial score (nSPS) is 12.5. The van der Waals surface area contributed by atoms with Gasteiger partial charge >= 0.3 is 12.1 Å². The highest BCUT2D eigenvalue weighted by atomic mass is 16.6. The van der Waals surface area contributed by atoms with Crippen LogP contribution in [0.1, 0.15) is 34.6 Å². The summed E-state index contributed by atoms with van der Waals surface area (Å²) in [5, 5.41) is 2.47. The molecule has 5 heteroatoms. The fraction of sp³-hybridized carbons (Fsp3) is 0.692. The summed E-state index contributed by atoms with van der Waals surface area (Å²) in [5.41, 5.74) is 0.255. The predicted molar refractivity (Wildman–Crippen MR) is 69.2 cm³/mol. The minimum absolute atomic E-state index is 0.239. The lowest BCUT2D eigenvalue weighted by atomic mass is 9.83. The van der Waals surface area contributed by atoms with E-state index < -0.39 is 18.1 Å². The molecule has 0 spiro atoms. The van der Waals surface area contributed by atoms with Gasteiger partial charge in [0.2, 0.25) is 0 Å². The highest BCUT2D eigenvalue weighted by Gasteiger charge is 2.31. The molecular weight excluding hydrogens is 234 g/mol. The molecule has 1 unspecified atom stereocenters. The lowest BCUT2D eigenvalue weighted by Gasteiger charge is -2.28. The summed E-state index contributed by atoms with van der Waals surface area (Å²) < 4.78 is 9.69. The van der Waals surface area contributed by atoms with Crippen LogP contribution in [0.15, 0.2) is 12.2 Å². The molecule has 18 heavy (non-hydrogen) atoms. The summed E-state index contributed by atoms with van der Waals surface area (Å²) >= 11 is 0. The molecule has 0 bridgehead atoms. The molecule has 5 nitrogen and oxygen atoms in total. The van der Waals surface area contributed by atoms with Crippen LogP contribution in [0.5, 0.6) is 0 Å². The van der Waals surface area contributed by atoms with Crippen LogP contribution in [0.2, 0.25) is 0 Å². The standard InChI is InChI=1S/C13H23NO4/c1-7-17-11(15)10(9(3)13(4,5)6)14-12(16)18-8-2/h10H,3,7-8H2,1-2,4-6H3,(H,14,16). The molecule has 0 heterocycles. The van der Waals surface area contributed by atoms with Crippen LogP contribution in [-0.2, 0) is 14.3 Å². The van der Waals surface area contributed by atoms with Gasteiger partial charge in [0.15, 0.2) is 6.04 Å². The van der Waals surface area contributed by atoms with Crippen molar-refractivity contribution in [3.8, 4) is 0 Å². The lowest BCUT2D eigenvalue weighted by Crippen LogP contribution is -2.45. The Kier molecular flexibility index (Phi) is 6.44. The van der Waals surface area contributed by atoms with Crippen LogP contribution in [0.3, 0.4) is 0 Å². The van der Waals surface area contributed by atoms with Crippen molar-refractivity contribution in [3.05, 3.63) is 12.2 Å². The Bertz CT molecular complexity index is 317. The van der Waals surface area contributed by atoms with E-state index in [1.807, 2.05) is 20.8 Å². The third-order valence-electron chi connectivity index (χ3n) is 2.37. The van der Waals surface area contributed by atoms with E-state index in [9.17, 15) is 9.59 Å². The first-order valence-electron chi connectivity index (χ1n) is 6.03. The van der Waals surface area contributed by atoms with Gasteiger partial charge in [-0.25, -0.2) is 9.59 Å². The first kappa shape index (κ1) is 16.5. The number of rotatable bonds is 5. The van der Waals surface area contributed by atoms with E-state index in [0.29, 0.717) is 5.57 Å². The molecule has 1 atom stereocenters. The first-order chi connectivity index (χ1) is 8.23. The van der Waals surface area contributed by atoms with E-state index in [4.69, 9.17) is 9.47 Å². The molecule has 0 aliphatic heterocycles. The Morgan fingerprint density at radius 1 is 1.17 bits per heavy atom. The molecule has 0 saturated carbocycles. The van der Waals surface area contributed by atoms with E-state index >= 15 is 0 Å². The molecule has 1 N–H and O–H groups in total. The van der Waals surface area contributed by atoms with Crippen molar-refractivity contribution in [2.24, 2.45) is 5.41 Å². The molecule has 0 rings (SSSR count). The van der Waals surface area contributed by atoms with Gasteiger partial charge in [-0.3, -0.25) is 0 Å². The van der Waals surface area contributed by atoms with Gasteiger partial charge in [0, 0.05) is 0 Å². The monoisotopic (exact) mass is 257 g/mol. The van der Waals surface area contributed by atoms with Crippen molar-refractivity contribution < 1.29 is 19.1 Å². The second-order valence-electron chi connectivity index (χ2n) is 4.83. The fourth-order valence-electron chi connectivity index (χ4n) is 1.24. The zero-order chi connectivity index (χ0) is 14.3. The van der Waals surface area contributed by atoms with Gasteiger partial charge in [-0.1, -0.05) is 27.4 Å². The van der Waals surface area contributed by atoms with Crippen molar-refractivity contribution in [1.29, 1.82) is 0 Å². The van der Waals surface area contributed by atoms with Crippen LogP contribution < -0.4 is 5.32 Å². The third kappa shape index (κ3) is 5.21. The Morgan fingerprint density at radius 3 is 2.06 bits per heavy atom. The summed E-state index contributed by atoms with van der Waals surface area (Å²) in [5.74, 6) is -0.523. The van der Waals surface area contributed by atoms with Crippen molar-refractivity contribution in [3.63, 3.8) is 0 Å². The maximum absolute atomic E-state index is 11.8. The Morgan fingerprint density at radius 2 is 1.67 bits per heavy atom. The van der Waals surface area contributed by atoms with Crippen molar-refractivity contribution in [2.45, 2.75) is 40.7 Å². The largest absolute Gasteiger partial charge is 0.464 e. The molecule has 0 fully saturated rings. The molecule has 0 aromatic carbocycles. The van der Waals surface area contributed by atoms with Gasteiger partial charge in [0.05, 0.1) is 13.2 Å². The van der Waals surface area contributed by atoms with Crippen molar-refractivity contribution in [1.82, 2.24) is 5.32 Å². The fourth-order valence-corrected chi connectivity index (χ4v) is 1.24. The van der Waals surface area contributed by atoms with Gasteiger partial charge in [0.25, 0.3) is 0 Å². The summed E-state index contributed by atoms with van der Waals surface area (Å²) in [7, 11) is 0. The number of alkyl carbamates (subject to hydrolysis) is 1. The summed E-state index contributed by atoms with van der Waals surface area (Å²) in [4.78, 5) is 23.2. The Hall–Kier alpha value is -1.52. The van der Waals surface area contributed by atoms with E-state index in [2.05, 4.69) is 11.9 Å². The molecule has 104 valence electrons. The molecule has 0 aromatic heterocycles. The molecule has 0 saturated heterocycles. The van der Waals surface area contributed by atoms with E-state index in [-0.39, 0.29) is 18.6 Å². The molecule has 0 aliphatic rings. The van der Waals surface area contributed by atoms with E-state index in [0.717, 1.165) is 0 Å². The van der Waals surface area contributed by atoms with Crippen molar-refractivity contribution in [2.75, 3.05) is 13.2 Å². The number of amides is 1. The minimum atomic E-state index is -0.885. The highest BCUT2D eigenvalue weighted by molar-refractivity contribution is 5.84. The van der Waals surface area contributed by atoms with Crippen LogP contribution >= 0.6 is 0 Å². The quantitative estimate of drug-likeness (QED) is 0.606. The van der Waals surface area contributed by atoms with Gasteiger partial charge in [-0.05, 0) is 24.8 Å². The zero-order valence-electron chi connectivity index (χ0n) is 11.8. The minimum Gasteiger partial charge on any atom is -0.464 e. The molecule has 0 aromatic rings. The Labute approximate surface area is 109 Å². The average molecular weight is 257 g/mol. The predicted octanol–water partition coefficient (Wildman–Crippen LogP) is 2.27. The maximum Gasteiger partial charge on any atom is 0.408 e. The number of carbonyl (C=O) groups excluding carboxylic acids is 2. The number of nitrogens with one attached hydrogen (secondary N) is 1. The van der Waals surface area contributed by atoms with Crippen LogP contribution in [-0.4, -0.2) is 31.3 Å². The molecular formula is C13H23NO4. The summed E-state index contributed by atoms with van der Waals surface area (Å²) in [6.07, 6.45) is -0.652. The molecule has 0 radical (unpaired) electrons. The smallest absolute Gasteiger partial charge is 0.408 e. The number of hydrogen-bond donors (Lipinski definition) is 1.